The number of carboxylic acid groups (broad SMARTS) is 1. The minimum absolute atomic E-state index is 0.487. The molecular formula is C14H26O3. The Morgan fingerprint density at radius 1 is 1.06 bits per heavy atom. The molecule has 0 aromatic rings. The summed E-state index contributed by atoms with van der Waals surface area (Å²) in [4.78, 5) is 10.2. The Hall–Kier alpha value is -0.990. The molecule has 0 aromatic carbocycles. The van der Waals surface area contributed by atoms with Gasteiger partial charge in [-0.15, -0.1) is 0 Å². The van der Waals surface area contributed by atoms with Gasteiger partial charge in [-0.05, 0) is 25.8 Å². The maximum atomic E-state index is 10.2. The van der Waals surface area contributed by atoms with Gasteiger partial charge in [0.05, 0.1) is 0 Å². The molecule has 0 spiro atoms. The van der Waals surface area contributed by atoms with E-state index in [1.807, 2.05) is 6.08 Å². The van der Waals surface area contributed by atoms with Gasteiger partial charge in [-0.3, -0.25) is 0 Å². The van der Waals surface area contributed by atoms with Crippen molar-refractivity contribution in [2.24, 2.45) is 0 Å². The molecule has 1 N–H and O–H groups in total. The summed E-state index contributed by atoms with van der Waals surface area (Å²) in [6, 6.07) is 0. The van der Waals surface area contributed by atoms with Gasteiger partial charge in [-0.2, -0.15) is 0 Å². The third-order valence-corrected chi connectivity index (χ3v) is 2.74. The molecule has 17 heavy (non-hydrogen) atoms. The molecule has 3 nitrogen and oxygen atoms in total. The van der Waals surface area contributed by atoms with Gasteiger partial charge >= 0.3 is 6.16 Å². The number of hydrogen-bond acceptors (Lipinski definition) is 2. The van der Waals surface area contributed by atoms with E-state index < -0.39 is 6.16 Å². The van der Waals surface area contributed by atoms with Crippen LogP contribution < -0.4 is 0 Å². The molecule has 0 radical (unpaired) electrons. The van der Waals surface area contributed by atoms with Gasteiger partial charge in [0.25, 0.3) is 0 Å². The minimum atomic E-state index is -1.23. The van der Waals surface area contributed by atoms with Gasteiger partial charge in [0.15, 0.2) is 0 Å². The standard InChI is InChI=1S/C14H26O3/c1-3-4-5-6-7-8-9-10-11-12-13(2)17-14(15)16/h12H,3-11H2,1-2H3,(H,15,16). The Labute approximate surface area is 105 Å². The van der Waals surface area contributed by atoms with E-state index in [1.165, 1.54) is 44.9 Å². The van der Waals surface area contributed by atoms with Crippen molar-refractivity contribution in [2.45, 2.75) is 71.6 Å². The van der Waals surface area contributed by atoms with Crippen molar-refractivity contribution in [3.05, 3.63) is 11.8 Å². The summed E-state index contributed by atoms with van der Waals surface area (Å²) < 4.78 is 4.50. The van der Waals surface area contributed by atoms with Crippen molar-refractivity contribution in [1.29, 1.82) is 0 Å². The fourth-order valence-electron chi connectivity index (χ4n) is 1.76. The number of rotatable bonds is 10. The average Bonchev–Trinajstić information content (AvgIpc) is 2.26. The summed E-state index contributed by atoms with van der Waals surface area (Å²) in [6.07, 6.45) is 11.9. The second kappa shape index (κ2) is 11.5. The Kier molecular flexibility index (Phi) is 10.8. The van der Waals surface area contributed by atoms with Crippen LogP contribution in [0.1, 0.15) is 71.6 Å². The van der Waals surface area contributed by atoms with E-state index in [-0.39, 0.29) is 0 Å². The van der Waals surface area contributed by atoms with E-state index >= 15 is 0 Å². The average molecular weight is 242 g/mol. The molecule has 0 heterocycles. The van der Waals surface area contributed by atoms with Gasteiger partial charge in [0.1, 0.15) is 5.76 Å². The predicted octanol–water partition coefficient (Wildman–Crippen LogP) is 5.12. The first-order valence-electron chi connectivity index (χ1n) is 6.74. The molecule has 3 heteroatoms. The highest BCUT2D eigenvalue weighted by Crippen LogP contribution is 2.10. The smallest absolute Gasteiger partial charge is 0.449 e. The molecule has 0 atom stereocenters. The SMILES string of the molecule is CCCCCCCCCCC=C(C)OC(=O)O. The molecule has 0 aliphatic carbocycles. The third kappa shape index (κ3) is 12.9. The zero-order valence-corrected chi connectivity index (χ0v) is 11.2. The number of ether oxygens (including phenoxy) is 1. The van der Waals surface area contributed by atoms with Gasteiger partial charge in [0.2, 0.25) is 0 Å². The molecule has 0 aromatic heterocycles. The van der Waals surface area contributed by atoms with Crippen LogP contribution in [0.15, 0.2) is 11.8 Å². The summed E-state index contributed by atoms with van der Waals surface area (Å²) in [5, 5.41) is 8.36. The van der Waals surface area contributed by atoms with E-state index in [0.717, 1.165) is 12.8 Å². The topological polar surface area (TPSA) is 46.5 Å². The fraction of sp³-hybridized carbons (Fsp3) is 0.786. The highest BCUT2D eigenvalue weighted by molar-refractivity contribution is 5.58. The Morgan fingerprint density at radius 2 is 1.59 bits per heavy atom. The third-order valence-electron chi connectivity index (χ3n) is 2.74. The first-order chi connectivity index (χ1) is 8.16. The molecule has 0 rings (SSSR count). The van der Waals surface area contributed by atoms with Crippen LogP contribution in [-0.4, -0.2) is 11.3 Å². The van der Waals surface area contributed by atoms with Crippen molar-refractivity contribution >= 4 is 6.16 Å². The molecular weight excluding hydrogens is 216 g/mol. The van der Waals surface area contributed by atoms with E-state index in [9.17, 15) is 4.79 Å². The van der Waals surface area contributed by atoms with Gasteiger partial charge in [0, 0.05) is 0 Å². The van der Waals surface area contributed by atoms with E-state index in [2.05, 4.69) is 11.7 Å². The Bertz CT molecular complexity index is 222. The second-order valence-electron chi connectivity index (χ2n) is 4.45. The zero-order valence-electron chi connectivity index (χ0n) is 11.2. The lowest BCUT2D eigenvalue weighted by atomic mass is 10.1. The van der Waals surface area contributed by atoms with Crippen LogP contribution in [0, 0.1) is 0 Å². The second-order valence-corrected chi connectivity index (χ2v) is 4.45. The van der Waals surface area contributed by atoms with E-state index in [1.54, 1.807) is 6.92 Å². The van der Waals surface area contributed by atoms with Crippen molar-refractivity contribution in [3.63, 3.8) is 0 Å². The minimum Gasteiger partial charge on any atom is -0.449 e. The van der Waals surface area contributed by atoms with Crippen LogP contribution in [0.2, 0.25) is 0 Å². The quantitative estimate of drug-likeness (QED) is 0.329. The molecule has 0 aliphatic heterocycles. The Balaban J connectivity index is 3.25. The van der Waals surface area contributed by atoms with E-state index in [4.69, 9.17) is 5.11 Å². The number of hydrogen-bond donors (Lipinski definition) is 1. The molecule has 0 bridgehead atoms. The van der Waals surface area contributed by atoms with Crippen molar-refractivity contribution < 1.29 is 14.6 Å². The monoisotopic (exact) mass is 242 g/mol. The number of unbranched alkanes of at least 4 members (excludes halogenated alkanes) is 8. The Morgan fingerprint density at radius 3 is 2.12 bits per heavy atom. The highest BCUT2D eigenvalue weighted by Gasteiger charge is 1.97. The number of allylic oxidation sites excluding steroid dienone is 2. The van der Waals surface area contributed by atoms with Crippen LogP contribution in [0.4, 0.5) is 4.79 Å². The van der Waals surface area contributed by atoms with Crippen LogP contribution in [0.5, 0.6) is 0 Å². The maximum absolute atomic E-state index is 10.2. The summed E-state index contributed by atoms with van der Waals surface area (Å²) in [6.45, 7) is 3.91. The lowest BCUT2D eigenvalue weighted by Crippen LogP contribution is -1.97. The van der Waals surface area contributed by atoms with Crippen molar-refractivity contribution in [3.8, 4) is 0 Å². The predicted molar refractivity (Wildman–Crippen MR) is 70.1 cm³/mol. The molecule has 0 saturated heterocycles. The van der Waals surface area contributed by atoms with Crippen molar-refractivity contribution in [1.82, 2.24) is 0 Å². The zero-order chi connectivity index (χ0) is 12.9. The molecule has 100 valence electrons. The molecule has 0 fully saturated rings. The summed E-state index contributed by atoms with van der Waals surface area (Å²) in [5.41, 5.74) is 0. The fourth-order valence-corrected chi connectivity index (χ4v) is 1.76. The highest BCUT2D eigenvalue weighted by atomic mass is 16.7. The molecule has 0 amide bonds. The summed E-state index contributed by atoms with van der Waals surface area (Å²) in [5.74, 6) is 0.487. The van der Waals surface area contributed by atoms with E-state index in [0.29, 0.717) is 5.76 Å². The van der Waals surface area contributed by atoms with Gasteiger partial charge < -0.3 is 9.84 Å². The first kappa shape index (κ1) is 16.0. The van der Waals surface area contributed by atoms with Crippen molar-refractivity contribution in [2.75, 3.05) is 0 Å². The summed E-state index contributed by atoms with van der Waals surface area (Å²) >= 11 is 0. The number of carbonyl (C=O) groups is 1. The van der Waals surface area contributed by atoms with Crippen LogP contribution in [0.3, 0.4) is 0 Å². The first-order valence-corrected chi connectivity index (χ1v) is 6.74. The summed E-state index contributed by atoms with van der Waals surface area (Å²) in [7, 11) is 0. The maximum Gasteiger partial charge on any atom is 0.510 e. The molecule has 0 saturated carbocycles. The molecule has 0 aliphatic rings. The lowest BCUT2D eigenvalue weighted by Gasteiger charge is -2.01. The van der Waals surface area contributed by atoms with Gasteiger partial charge in [-0.25, -0.2) is 4.79 Å². The molecule has 0 unspecified atom stereocenters. The largest absolute Gasteiger partial charge is 0.510 e. The van der Waals surface area contributed by atoms with Crippen LogP contribution in [0.25, 0.3) is 0 Å². The van der Waals surface area contributed by atoms with Crippen LogP contribution >= 0.6 is 0 Å². The van der Waals surface area contributed by atoms with Gasteiger partial charge in [-0.1, -0.05) is 51.9 Å². The lowest BCUT2D eigenvalue weighted by molar-refractivity contribution is 0.119. The van der Waals surface area contributed by atoms with Crippen LogP contribution in [-0.2, 0) is 4.74 Å². The normalized spacial score (nSPS) is 11.5.